The molecule has 0 aromatic heterocycles. The number of nitriles is 1. The van der Waals surface area contributed by atoms with Crippen molar-refractivity contribution < 1.29 is 9.53 Å². The van der Waals surface area contributed by atoms with Crippen LogP contribution in [0.2, 0.25) is 0 Å². The Bertz CT molecular complexity index is 657. The Labute approximate surface area is 130 Å². The fourth-order valence-electron chi connectivity index (χ4n) is 3.60. The fraction of sp³-hybridized carbons (Fsp3) is 0.444. The summed E-state index contributed by atoms with van der Waals surface area (Å²) in [7, 11) is 0. The predicted molar refractivity (Wildman–Crippen MR) is 82.3 cm³/mol. The van der Waals surface area contributed by atoms with E-state index in [0.717, 1.165) is 5.56 Å². The third-order valence-corrected chi connectivity index (χ3v) is 4.52. The van der Waals surface area contributed by atoms with Gasteiger partial charge in [-0.2, -0.15) is 5.26 Å². The predicted octanol–water partition coefficient (Wildman–Crippen LogP) is 2.72. The molecule has 0 bridgehead atoms. The van der Waals surface area contributed by atoms with Crippen LogP contribution >= 0.6 is 0 Å². The summed E-state index contributed by atoms with van der Waals surface area (Å²) in [6.07, 6.45) is 1.75. The van der Waals surface area contributed by atoms with Crippen molar-refractivity contribution in [3.05, 3.63) is 47.7 Å². The molecule has 1 aliphatic heterocycles. The Morgan fingerprint density at radius 1 is 1.32 bits per heavy atom. The lowest BCUT2D eigenvalue weighted by atomic mass is 9.66. The lowest BCUT2D eigenvalue weighted by Gasteiger charge is -2.43. The van der Waals surface area contributed by atoms with Gasteiger partial charge in [-0.15, -0.1) is 0 Å². The molecular formula is C18H20N2O2. The zero-order valence-electron chi connectivity index (χ0n) is 12.8. The third kappa shape index (κ3) is 2.42. The molecule has 0 amide bonds. The van der Waals surface area contributed by atoms with E-state index in [4.69, 9.17) is 10.5 Å². The summed E-state index contributed by atoms with van der Waals surface area (Å²) in [6.45, 7) is 4.02. The zero-order chi connectivity index (χ0) is 15.9. The van der Waals surface area contributed by atoms with E-state index in [1.165, 1.54) is 0 Å². The van der Waals surface area contributed by atoms with Crippen LogP contribution in [0.1, 0.15) is 31.7 Å². The van der Waals surface area contributed by atoms with Crippen LogP contribution in [-0.4, -0.2) is 12.0 Å². The maximum atomic E-state index is 12.7. The number of ketones is 1. The van der Waals surface area contributed by atoms with Crippen LogP contribution in [0, 0.1) is 28.6 Å². The van der Waals surface area contributed by atoms with Crippen molar-refractivity contribution >= 4 is 5.78 Å². The third-order valence-electron chi connectivity index (χ3n) is 4.52. The van der Waals surface area contributed by atoms with Gasteiger partial charge in [-0.1, -0.05) is 44.2 Å². The maximum Gasteiger partial charge on any atom is 0.163 e. The van der Waals surface area contributed by atoms with Crippen LogP contribution < -0.4 is 5.73 Å². The van der Waals surface area contributed by atoms with E-state index >= 15 is 0 Å². The van der Waals surface area contributed by atoms with E-state index in [1.54, 1.807) is 0 Å². The standard InChI is InChI=1S/C18H20N2O2/c1-18(2)8-13(21)16-14(9-18)22-17(20)12(10-19)15(16)11-6-4-3-5-7-11/h3-7,9,12,15-17H,8,20H2,1-2H3. The largest absolute Gasteiger partial charge is 0.478 e. The molecule has 1 aromatic rings. The van der Waals surface area contributed by atoms with Gasteiger partial charge < -0.3 is 4.74 Å². The second-order valence-corrected chi connectivity index (χ2v) is 6.83. The van der Waals surface area contributed by atoms with Gasteiger partial charge in [0.1, 0.15) is 17.5 Å². The number of carbonyl (C=O) groups is 1. The first kappa shape index (κ1) is 14.8. The van der Waals surface area contributed by atoms with E-state index < -0.39 is 18.1 Å². The number of ether oxygens (including phenoxy) is 1. The Morgan fingerprint density at radius 3 is 2.64 bits per heavy atom. The molecule has 4 unspecified atom stereocenters. The Kier molecular flexibility index (Phi) is 3.54. The van der Waals surface area contributed by atoms with Crippen molar-refractivity contribution in [1.82, 2.24) is 0 Å². The number of carbonyl (C=O) groups excluding carboxylic acids is 1. The van der Waals surface area contributed by atoms with Crippen LogP contribution in [0.25, 0.3) is 0 Å². The van der Waals surface area contributed by atoms with E-state index in [2.05, 4.69) is 6.07 Å². The number of nitrogens with two attached hydrogens (primary N) is 1. The molecule has 2 aliphatic rings. The first-order chi connectivity index (χ1) is 10.4. The van der Waals surface area contributed by atoms with E-state index in [-0.39, 0.29) is 17.1 Å². The topological polar surface area (TPSA) is 76.1 Å². The molecule has 4 atom stereocenters. The summed E-state index contributed by atoms with van der Waals surface area (Å²) in [4.78, 5) is 12.7. The summed E-state index contributed by atoms with van der Waals surface area (Å²) in [5.41, 5.74) is 6.80. The number of benzene rings is 1. The van der Waals surface area contributed by atoms with Gasteiger partial charge in [-0.25, -0.2) is 0 Å². The lowest BCUT2D eigenvalue weighted by molar-refractivity contribution is -0.130. The minimum absolute atomic E-state index is 0.128. The molecule has 114 valence electrons. The van der Waals surface area contributed by atoms with E-state index in [9.17, 15) is 10.1 Å². The van der Waals surface area contributed by atoms with Crippen LogP contribution in [0.15, 0.2) is 42.2 Å². The monoisotopic (exact) mass is 296 g/mol. The molecule has 3 rings (SSSR count). The van der Waals surface area contributed by atoms with Gasteiger partial charge in [-0.05, 0) is 17.1 Å². The Hall–Kier alpha value is -2.12. The number of Topliss-reactive ketones (excluding diaryl/α,β-unsaturated/α-hetero) is 1. The first-order valence-corrected chi connectivity index (χ1v) is 7.55. The van der Waals surface area contributed by atoms with E-state index in [0.29, 0.717) is 12.2 Å². The van der Waals surface area contributed by atoms with Crippen LogP contribution in [0.3, 0.4) is 0 Å². The minimum Gasteiger partial charge on any atom is -0.478 e. The molecule has 0 radical (unpaired) electrons. The molecular weight excluding hydrogens is 276 g/mol. The number of rotatable bonds is 1. The second kappa shape index (κ2) is 5.26. The number of nitrogens with zero attached hydrogens (tertiary/aromatic N) is 1. The second-order valence-electron chi connectivity index (χ2n) is 6.83. The van der Waals surface area contributed by atoms with Gasteiger partial charge in [0.15, 0.2) is 6.23 Å². The molecule has 1 heterocycles. The van der Waals surface area contributed by atoms with Crippen molar-refractivity contribution in [1.29, 1.82) is 5.26 Å². The highest BCUT2D eigenvalue weighted by Crippen LogP contribution is 2.48. The Morgan fingerprint density at radius 2 is 2.00 bits per heavy atom. The zero-order valence-corrected chi connectivity index (χ0v) is 12.8. The normalized spacial score (nSPS) is 33.2. The smallest absolute Gasteiger partial charge is 0.163 e. The van der Waals surface area contributed by atoms with Gasteiger partial charge in [0.2, 0.25) is 0 Å². The number of fused-ring (bicyclic) bond motifs is 1. The lowest BCUT2D eigenvalue weighted by Crippen LogP contribution is -2.48. The summed E-state index contributed by atoms with van der Waals surface area (Å²) >= 11 is 0. The highest BCUT2D eigenvalue weighted by Gasteiger charge is 2.49. The molecule has 4 nitrogen and oxygen atoms in total. The molecule has 1 fully saturated rings. The van der Waals surface area contributed by atoms with Crippen molar-refractivity contribution in [2.75, 3.05) is 0 Å². The van der Waals surface area contributed by atoms with Crippen molar-refractivity contribution in [2.24, 2.45) is 23.0 Å². The SMILES string of the molecule is CC1(C)C=C2OC(N)C(C#N)C(c3ccccc3)C2C(=O)C1. The van der Waals surface area contributed by atoms with Crippen LogP contribution in [0.4, 0.5) is 0 Å². The number of allylic oxidation sites excluding steroid dienone is 2. The molecule has 2 N–H and O–H groups in total. The van der Waals surface area contributed by atoms with Gasteiger partial charge in [0.25, 0.3) is 0 Å². The molecule has 4 heteroatoms. The van der Waals surface area contributed by atoms with Crippen molar-refractivity contribution in [3.63, 3.8) is 0 Å². The molecule has 1 saturated heterocycles. The van der Waals surface area contributed by atoms with Crippen LogP contribution in [0.5, 0.6) is 0 Å². The average Bonchev–Trinajstić information content (AvgIpc) is 2.45. The molecule has 0 spiro atoms. The van der Waals surface area contributed by atoms with E-state index in [1.807, 2.05) is 50.3 Å². The number of hydrogen-bond donors (Lipinski definition) is 1. The molecule has 0 saturated carbocycles. The number of hydrogen-bond acceptors (Lipinski definition) is 4. The van der Waals surface area contributed by atoms with Gasteiger partial charge in [-0.3, -0.25) is 10.5 Å². The maximum absolute atomic E-state index is 12.7. The summed E-state index contributed by atoms with van der Waals surface area (Å²) in [6, 6.07) is 11.9. The van der Waals surface area contributed by atoms with Crippen LogP contribution in [-0.2, 0) is 9.53 Å². The highest BCUT2D eigenvalue weighted by atomic mass is 16.5. The summed E-state index contributed by atoms with van der Waals surface area (Å²) in [5, 5.41) is 9.53. The van der Waals surface area contributed by atoms with Crippen molar-refractivity contribution in [2.45, 2.75) is 32.4 Å². The molecule has 22 heavy (non-hydrogen) atoms. The van der Waals surface area contributed by atoms with Gasteiger partial charge >= 0.3 is 0 Å². The molecule has 1 aromatic carbocycles. The average molecular weight is 296 g/mol. The van der Waals surface area contributed by atoms with Gasteiger partial charge in [0.05, 0.1) is 12.0 Å². The van der Waals surface area contributed by atoms with Crippen molar-refractivity contribution in [3.8, 4) is 6.07 Å². The van der Waals surface area contributed by atoms with Gasteiger partial charge in [0, 0.05) is 12.3 Å². The summed E-state index contributed by atoms with van der Waals surface area (Å²) in [5.74, 6) is -0.419. The first-order valence-electron chi connectivity index (χ1n) is 7.55. The highest BCUT2D eigenvalue weighted by molar-refractivity contribution is 5.87. The quantitative estimate of drug-likeness (QED) is 0.864. The summed E-state index contributed by atoms with van der Waals surface area (Å²) < 4.78 is 5.75. The fourth-order valence-corrected chi connectivity index (χ4v) is 3.60. The minimum atomic E-state index is -0.709. The Balaban J connectivity index is 2.11. The molecule has 1 aliphatic carbocycles.